The van der Waals surface area contributed by atoms with E-state index in [1.807, 2.05) is 0 Å². The van der Waals surface area contributed by atoms with Gasteiger partial charge in [0.1, 0.15) is 0 Å². The number of carbonyl (C=O) groups excluding carboxylic acids is 1. The van der Waals surface area contributed by atoms with Gasteiger partial charge in [-0.15, -0.1) is 11.3 Å². The summed E-state index contributed by atoms with van der Waals surface area (Å²) in [6.45, 7) is 0.713. The average Bonchev–Trinajstić information content (AvgIpc) is 3.15. The van der Waals surface area contributed by atoms with Gasteiger partial charge in [0.15, 0.2) is 5.13 Å². The minimum atomic E-state index is -0.147. The zero-order valence-corrected chi connectivity index (χ0v) is 12.8. The summed E-state index contributed by atoms with van der Waals surface area (Å²) in [6.07, 6.45) is 6.34. The molecule has 4 rings (SSSR count). The van der Waals surface area contributed by atoms with Gasteiger partial charge in [-0.1, -0.05) is 0 Å². The van der Waals surface area contributed by atoms with Gasteiger partial charge in [0.2, 0.25) is 0 Å². The predicted molar refractivity (Wildman–Crippen MR) is 81.5 cm³/mol. The molecule has 6 heteroatoms. The summed E-state index contributed by atoms with van der Waals surface area (Å²) in [6, 6.07) is -0.147. The third kappa shape index (κ3) is 2.55. The number of aliphatic hydroxyl groups excluding tert-OH is 1. The average molecular weight is 307 g/mol. The van der Waals surface area contributed by atoms with Crippen LogP contribution in [0.25, 0.3) is 0 Å². The largest absolute Gasteiger partial charge is 0.393 e. The Bertz CT molecular complexity index is 536. The highest BCUT2D eigenvalue weighted by molar-refractivity contribution is 7.15. The van der Waals surface area contributed by atoms with Gasteiger partial charge in [-0.3, -0.25) is 5.32 Å². The molecule has 21 heavy (non-hydrogen) atoms. The number of aryl methyl sites for hydroxylation is 2. The second kappa shape index (κ2) is 5.25. The molecule has 1 aromatic rings. The summed E-state index contributed by atoms with van der Waals surface area (Å²) in [5.74, 6) is 1.59. The number of aliphatic hydroxyl groups is 1. The van der Waals surface area contributed by atoms with Crippen molar-refractivity contribution in [2.45, 2.75) is 44.6 Å². The van der Waals surface area contributed by atoms with Gasteiger partial charge in [-0.05, 0) is 56.3 Å². The molecule has 0 spiro atoms. The van der Waals surface area contributed by atoms with E-state index < -0.39 is 0 Å². The van der Waals surface area contributed by atoms with Gasteiger partial charge in [0.25, 0.3) is 0 Å². The fourth-order valence-corrected chi connectivity index (χ4v) is 5.27. The first kappa shape index (κ1) is 13.5. The fourth-order valence-electron chi connectivity index (χ4n) is 4.22. The monoisotopic (exact) mass is 307 g/mol. The first-order valence-corrected chi connectivity index (χ1v) is 8.72. The van der Waals surface area contributed by atoms with Gasteiger partial charge in [0, 0.05) is 11.4 Å². The van der Waals surface area contributed by atoms with Crippen molar-refractivity contribution in [1.82, 2.24) is 10.3 Å². The number of rotatable bonds is 3. The molecular weight excluding hydrogens is 286 g/mol. The van der Waals surface area contributed by atoms with E-state index in [1.54, 1.807) is 11.3 Å². The van der Waals surface area contributed by atoms with E-state index in [4.69, 9.17) is 0 Å². The van der Waals surface area contributed by atoms with E-state index in [2.05, 4.69) is 15.6 Å². The van der Waals surface area contributed by atoms with Crippen LogP contribution in [0.15, 0.2) is 0 Å². The molecule has 0 radical (unpaired) electrons. The molecule has 2 amide bonds. The highest BCUT2D eigenvalue weighted by Gasteiger charge is 2.44. The smallest absolute Gasteiger partial charge is 0.321 e. The number of hydrogen-bond acceptors (Lipinski definition) is 4. The van der Waals surface area contributed by atoms with Crippen LogP contribution in [0.5, 0.6) is 0 Å². The first-order valence-electron chi connectivity index (χ1n) is 7.90. The van der Waals surface area contributed by atoms with E-state index in [9.17, 15) is 9.90 Å². The molecule has 2 saturated carbocycles. The molecule has 0 aliphatic heterocycles. The van der Waals surface area contributed by atoms with Crippen molar-refractivity contribution in [2.24, 2.45) is 17.8 Å². The molecule has 114 valence electrons. The van der Waals surface area contributed by atoms with E-state index in [-0.39, 0.29) is 12.1 Å². The SMILES string of the molecule is O=C(NC[C@@H]1C[C@H]2C[C@@H]1C[C@H]2O)Nc1nc2c(s1)CCC2. The number of aromatic nitrogens is 1. The molecule has 5 nitrogen and oxygen atoms in total. The minimum Gasteiger partial charge on any atom is -0.393 e. The van der Waals surface area contributed by atoms with E-state index >= 15 is 0 Å². The van der Waals surface area contributed by atoms with Gasteiger partial charge in [-0.2, -0.15) is 0 Å². The lowest BCUT2D eigenvalue weighted by Gasteiger charge is -2.24. The van der Waals surface area contributed by atoms with Gasteiger partial charge in [0.05, 0.1) is 11.8 Å². The maximum absolute atomic E-state index is 12.0. The van der Waals surface area contributed by atoms with Crippen molar-refractivity contribution in [3.63, 3.8) is 0 Å². The van der Waals surface area contributed by atoms with Crippen LogP contribution in [-0.4, -0.2) is 28.8 Å². The Kier molecular flexibility index (Phi) is 3.38. The molecule has 1 aromatic heterocycles. The first-order chi connectivity index (χ1) is 10.2. The highest BCUT2D eigenvalue weighted by Crippen LogP contribution is 2.48. The minimum absolute atomic E-state index is 0.0993. The van der Waals surface area contributed by atoms with Crippen LogP contribution in [0.4, 0.5) is 9.93 Å². The lowest BCUT2D eigenvalue weighted by atomic mass is 9.87. The maximum Gasteiger partial charge on any atom is 0.321 e. The number of nitrogens with one attached hydrogen (secondary N) is 2. The molecule has 3 aliphatic rings. The van der Waals surface area contributed by atoms with Gasteiger partial charge >= 0.3 is 6.03 Å². The Morgan fingerprint density at radius 2 is 2.19 bits per heavy atom. The molecule has 4 atom stereocenters. The summed E-state index contributed by atoms with van der Waals surface area (Å²) >= 11 is 1.60. The van der Waals surface area contributed by atoms with Crippen molar-refractivity contribution < 1.29 is 9.90 Å². The Morgan fingerprint density at radius 3 is 2.90 bits per heavy atom. The number of fused-ring (bicyclic) bond motifs is 3. The second-order valence-corrected chi connectivity index (χ2v) is 7.72. The standard InChI is InChI=1S/C15H21N3O2S/c19-12-6-8-4-9(12)5-10(8)7-16-14(20)18-15-17-11-2-1-3-13(11)21-15/h8-10,12,19H,1-7H2,(H2,16,17,18,20)/t8-,9-,10+,12-/m1/s1. The zero-order valence-electron chi connectivity index (χ0n) is 12.0. The second-order valence-electron chi connectivity index (χ2n) is 6.63. The Hall–Kier alpha value is -1.14. The fraction of sp³-hybridized carbons (Fsp3) is 0.733. The summed E-state index contributed by atoms with van der Waals surface area (Å²) in [7, 11) is 0. The van der Waals surface area contributed by atoms with Crippen LogP contribution in [0.1, 0.15) is 36.3 Å². The normalized spacial score (nSPS) is 33.2. The van der Waals surface area contributed by atoms with E-state index in [1.165, 1.54) is 11.3 Å². The molecule has 3 N–H and O–H groups in total. The summed E-state index contributed by atoms with van der Waals surface area (Å²) in [5, 5.41) is 16.3. The van der Waals surface area contributed by atoms with Crippen molar-refractivity contribution in [3.05, 3.63) is 10.6 Å². The molecule has 2 bridgehead atoms. The zero-order chi connectivity index (χ0) is 14.4. The number of thiazole rings is 1. The Morgan fingerprint density at radius 1 is 1.29 bits per heavy atom. The van der Waals surface area contributed by atoms with Crippen molar-refractivity contribution in [1.29, 1.82) is 0 Å². The van der Waals surface area contributed by atoms with Crippen molar-refractivity contribution in [3.8, 4) is 0 Å². The van der Waals surface area contributed by atoms with E-state index in [0.29, 0.717) is 24.3 Å². The molecule has 1 heterocycles. The van der Waals surface area contributed by atoms with Gasteiger partial charge < -0.3 is 10.4 Å². The summed E-state index contributed by atoms with van der Waals surface area (Å²) < 4.78 is 0. The molecule has 2 fully saturated rings. The van der Waals surface area contributed by atoms with E-state index in [0.717, 1.165) is 42.9 Å². The molecule has 0 aromatic carbocycles. The van der Waals surface area contributed by atoms with Crippen LogP contribution >= 0.6 is 11.3 Å². The lowest BCUT2D eigenvalue weighted by Crippen LogP contribution is -2.36. The third-order valence-electron chi connectivity index (χ3n) is 5.31. The highest BCUT2D eigenvalue weighted by atomic mass is 32.1. The molecule has 0 unspecified atom stereocenters. The number of nitrogens with zero attached hydrogens (tertiary/aromatic N) is 1. The lowest BCUT2D eigenvalue weighted by molar-refractivity contribution is 0.0954. The van der Waals surface area contributed by atoms with Crippen LogP contribution in [0.3, 0.4) is 0 Å². The van der Waals surface area contributed by atoms with Crippen LogP contribution < -0.4 is 10.6 Å². The van der Waals surface area contributed by atoms with Crippen LogP contribution in [0.2, 0.25) is 0 Å². The molecular formula is C15H21N3O2S. The molecule has 3 aliphatic carbocycles. The summed E-state index contributed by atoms with van der Waals surface area (Å²) in [4.78, 5) is 17.8. The number of urea groups is 1. The number of amides is 2. The van der Waals surface area contributed by atoms with Crippen LogP contribution in [0, 0.1) is 17.8 Å². The number of hydrogen-bond donors (Lipinski definition) is 3. The van der Waals surface area contributed by atoms with Crippen molar-refractivity contribution >= 4 is 22.5 Å². The summed E-state index contributed by atoms with van der Waals surface area (Å²) in [5.41, 5.74) is 1.16. The maximum atomic E-state index is 12.0. The Labute approximate surface area is 128 Å². The van der Waals surface area contributed by atoms with Crippen LogP contribution in [-0.2, 0) is 12.8 Å². The number of carbonyl (C=O) groups is 1. The topological polar surface area (TPSA) is 74.2 Å². The van der Waals surface area contributed by atoms with Gasteiger partial charge in [-0.25, -0.2) is 9.78 Å². The molecule has 0 saturated heterocycles. The Balaban J connectivity index is 1.27. The quantitative estimate of drug-likeness (QED) is 0.801. The predicted octanol–water partition coefficient (Wildman–Crippen LogP) is 2.16. The number of anilines is 1. The third-order valence-corrected chi connectivity index (χ3v) is 6.38. The van der Waals surface area contributed by atoms with Crippen molar-refractivity contribution in [2.75, 3.05) is 11.9 Å².